The van der Waals surface area contributed by atoms with Crippen molar-refractivity contribution < 1.29 is 9.13 Å². The molecule has 0 aliphatic carbocycles. The van der Waals surface area contributed by atoms with Gasteiger partial charge < -0.3 is 15.4 Å². The lowest BCUT2D eigenvalue weighted by Crippen LogP contribution is -2.30. The van der Waals surface area contributed by atoms with Gasteiger partial charge >= 0.3 is 0 Å². The predicted octanol–water partition coefficient (Wildman–Crippen LogP) is 5.01. The molecule has 0 radical (unpaired) electrons. The van der Waals surface area contributed by atoms with Crippen LogP contribution in [0.4, 0.5) is 10.1 Å². The van der Waals surface area contributed by atoms with Gasteiger partial charge in [0.1, 0.15) is 0 Å². The van der Waals surface area contributed by atoms with Crippen LogP contribution in [0.2, 0.25) is 0 Å². The van der Waals surface area contributed by atoms with Crippen LogP contribution in [0, 0.1) is 5.82 Å². The summed E-state index contributed by atoms with van der Waals surface area (Å²) in [5, 5.41) is 6.80. The first-order valence-electron chi connectivity index (χ1n) is 7.91. The molecule has 0 amide bonds. The highest BCUT2D eigenvalue weighted by atomic mass is 32.1. The number of benzene rings is 2. The van der Waals surface area contributed by atoms with Gasteiger partial charge in [-0.05, 0) is 60.5 Å². The maximum Gasteiger partial charge on any atom is 0.171 e. The first kappa shape index (κ1) is 18.2. The van der Waals surface area contributed by atoms with Crippen LogP contribution in [0.25, 0.3) is 0 Å². The van der Waals surface area contributed by atoms with E-state index in [-0.39, 0.29) is 17.6 Å². The Morgan fingerprint density at radius 2 is 1.67 bits per heavy atom. The molecule has 0 heterocycles. The van der Waals surface area contributed by atoms with Crippen molar-refractivity contribution in [3.8, 4) is 5.75 Å². The van der Waals surface area contributed by atoms with Crippen LogP contribution in [-0.2, 0) is 0 Å². The van der Waals surface area contributed by atoms with Gasteiger partial charge in [-0.25, -0.2) is 4.39 Å². The molecule has 2 rings (SSSR count). The molecule has 5 heteroatoms. The van der Waals surface area contributed by atoms with Crippen molar-refractivity contribution in [1.82, 2.24) is 5.32 Å². The summed E-state index contributed by atoms with van der Waals surface area (Å²) < 4.78 is 18.7. The first-order chi connectivity index (χ1) is 11.4. The monoisotopic (exact) mass is 346 g/mol. The van der Waals surface area contributed by atoms with E-state index in [9.17, 15) is 4.39 Å². The van der Waals surface area contributed by atoms with Crippen LogP contribution < -0.4 is 15.4 Å². The molecule has 1 atom stereocenters. The number of thiocarbonyl (C=S) groups is 1. The highest BCUT2D eigenvalue weighted by molar-refractivity contribution is 7.80. The Balaban J connectivity index is 1.97. The Labute approximate surface area is 148 Å². The van der Waals surface area contributed by atoms with Gasteiger partial charge in [0.15, 0.2) is 16.7 Å². The van der Waals surface area contributed by atoms with Crippen LogP contribution in [-0.4, -0.2) is 12.2 Å². The highest BCUT2D eigenvalue weighted by Gasteiger charge is 2.11. The quantitative estimate of drug-likeness (QED) is 0.746. The summed E-state index contributed by atoms with van der Waals surface area (Å²) in [6.45, 7) is 6.24. The van der Waals surface area contributed by atoms with Gasteiger partial charge in [-0.2, -0.15) is 0 Å². The molecule has 0 aliphatic rings. The largest absolute Gasteiger partial charge is 0.494 e. The molecule has 0 saturated carbocycles. The van der Waals surface area contributed by atoms with E-state index in [1.54, 1.807) is 6.07 Å². The molecule has 0 bridgehead atoms. The molecule has 0 fully saturated rings. The Hall–Kier alpha value is -2.14. The number of halogens is 1. The lowest BCUT2D eigenvalue weighted by atomic mass is 10.0. The molecule has 128 valence electrons. The maximum absolute atomic E-state index is 13.8. The fourth-order valence-electron chi connectivity index (χ4n) is 2.35. The summed E-state index contributed by atoms with van der Waals surface area (Å²) in [7, 11) is 1.45. The predicted molar refractivity (Wildman–Crippen MR) is 101 cm³/mol. The fourth-order valence-corrected chi connectivity index (χ4v) is 2.65. The summed E-state index contributed by atoms with van der Waals surface area (Å²) in [6, 6.07) is 12.9. The number of rotatable bonds is 5. The zero-order chi connectivity index (χ0) is 17.7. The number of anilines is 1. The van der Waals surface area contributed by atoms with Crippen molar-refractivity contribution in [2.75, 3.05) is 12.4 Å². The summed E-state index contributed by atoms with van der Waals surface area (Å²) in [4.78, 5) is 0. The zero-order valence-corrected chi connectivity index (χ0v) is 15.2. The summed E-state index contributed by atoms with van der Waals surface area (Å²) in [5.41, 5.74) is 3.00. The van der Waals surface area contributed by atoms with Gasteiger partial charge in [-0.1, -0.05) is 32.0 Å². The van der Waals surface area contributed by atoms with Crippen LogP contribution in [0.5, 0.6) is 5.75 Å². The standard InChI is InChI=1S/C19H23FN2OS/c1-12(2)14-5-8-16(9-6-14)22-19(24)21-13(3)15-7-10-18(23-4)17(20)11-15/h5-13H,1-4H3,(H2,21,22,24)/t13-/m0/s1. The van der Waals surface area contributed by atoms with Gasteiger partial charge in [-0.3, -0.25) is 0 Å². The minimum absolute atomic E-state index is 0.125. The molecule has 2 aromatic rings. The molecule has 3 nitrogen and oxygen atoms in total. The molecule has 24 heavy (non-hydrogen) atoms. The van der Waals surface area contributed by atoms with Gasteiger partial charge in [0.2, 0.25) is 0 Å². The second-order valence-corrected chi connectivity index (χ2v) is 6.40. The number of methoxy groups -OCH3 is 1. The van der Waals surface area contributed by atoms with Gasteiger partial charge in [-0.15, -0.1) is 0 Å². The van der Waals surface area contributed by atoms with Crippen LogP contribution in [0.1, 0.15) is 43.9 Å². The molecule has 0 aromatic heterocycles. The van der Waals surface area contributed by atoms with E-state index >= 15 is 0 Å². The van der Waals surface area contributed by atoms with Crippen molar-refractivity contribution in [2.24, 2.45) is 0 Å². The first-order valence-corrected chi connectivity index (χ1v) is 8.32. The van der Waals surface area contributed by atoms with E-state index in [1.807, 2.05) is 25.1 Å². The summed E-state index contributed by atoms with van der Waals surface area (Å²) in [5.74, 6) is 0.345. The molecular weight excluding hydrogens is 323 g/mol. The number of hydrogen-bond donors (Lipinski definition) is 2. The normalized spacial score (nSPS) is 11.9. The second-order valence-electron chi connectivity index (χ2n) is 5.99. The second kappa shape index (κ2) is 8.11. The van der Waals surface area contributed by atoms with Crippen molar-refractivity contribution in [3.05, 3.63) is 59.4 Å². The smallest absolute Gasteiger partial charge is 0.171 e. The topological polar surface area (TPSA) is 33.3 Å². The minimum atomic E-state index is -0.383. The minimum Gasteiger partial charge on any atom is -0.494 e. The summed E-state index contributed by atoms with van der Waals surface area (Å²) in [6.07, 6.45) is 0. The number of hydrogen-bond acceptors (Lipinski definition) is 2. The van der Waals surface area contributed by atoms with Gasteiger partial charge in [0, 0.05) is 5.69 Å². The molecule has 0 aliphatic heterocycles. The van der Waals surface area contributed by atoms with E-state index in [0.29, 0.717) is 11.0 Å². The Morgan fingerprint density at radius 1 is 1.04 bits per heavy atom. The number of nitrogens with one attached hydrogen (secondary N) is 2. The average Bonchev–Trinajstić information content (AvgIpc) is 2.55. The van der Waals surface area contributed by atoms with Crippen LogP contribution in [0.15, 0.2) is 42.5 Å². The lowest BCUT2D eigenvalue weighted by Gasteiger charge is -2.18. The average molecular weight is 346 g/mol. The van der Waals surface area contributed by atoms with E-state index in [0.717, 1.165) is 11.3 Å². The van der Waals surface area contributed by atoms with E-state index in [4.69, 9.17) is 17.0 Å². The van der Waals surface area contributed by atoms with E-state index < -0.39 is 0 Å². The van der Waals surface area contributed by atoms with Gasteiger partial charge in [0.25, 0.3) is 0 Å². The van der Waals surface area contributed by atoms with Crippen LogP contribution >= 0.6 is 12.2 Å². The molecule has 2 aromatic carbocycles. The SMILES string of the molecule is COc1ccc([C@H](C)NC(=S)Nc2ccc(C(C)C)cc2)cc1F. The zero-order valence-electron chi connectivity index (χ0n) is 14.4. The Morgan fingerprint density at radius 3 is 2.21 bits per heavy atom. The third-order valence-corrected chi connectivity index (χ3v) is 4.08. The third kappa shape index (κ3) is 4.68. The molecule has 2 N–H and O–H groups in total. The Bertz CT molecular complexity index is 701. The molecule has 0 unspecified atom stereocenters. The molecular formula is C19H23FN2OS. The third-order valence-electron chi connectivity index (χ3n) is 3.86. The van der Waals surface area contributed by atoms with E-state index in [1.165, 1.54) is 18.7 Å². The molecule has 0 saturated heterocycles. The van der Waals surface area contributed by atoms with E-state index in [2.05, 4.69) is 36.6 Å². The van der Waals surface area contributed by atoms with Crippen molar-refractivity contribution in [1.29, 1.82) is 0 Å². The maximum atomic E-state index is 13.8. The van der Waals surface area contributed by atoms with Crippen molar-refractivity contribution in [2.45, 2.75) is 32.7 Å². The fraction of sp³-hybridized carbons (Fsp3) is 0.316. The van der Waals surface area contributed by atoms with Gasteiger partial charge in [0.05, 0.1) is 13.2 Å². The Kier molecular flexibility index (Phi) is 6.15. The number of ether oxygens (including phenoxy) is 1. The van der Waals surface area contributed by atoms with Crippen LogP contribution in [0.3, 0.4) is 0 Å². The molecule has 0 spiro atoms. The highest BCUT2D eigenvalue weighted by Crippen LogP contribution is 2.22. The summed E-state index contributed by atoms with van der Waals surface area (Å²) >= 11 is 5.34. The van der Waals surface area contributed by atoms with Crippen molar-refractivity contribution >= 4 is 23.0 Å². The van der Waals surface area contributed by atoms with Crippen molar-refractivity contribution in [3.63, 3.8) is 0 Å². The lowest BCUT2D eigenvalue weighted by molar-refractivity contribution is 0.386.